The van der Waals surface area contributed by atoms with E-state index in [1.54, 1.807) is 16.2 Å². The Hall–Kier alpha value is -0.920. The van der Waals surface area contributed by atoms with Crippen molar-refractivity contribution in [1.82, 2.24) is 9.80 Å². The number of hydrogen-bond donors (Lipinski definition) is 0. The van der Waals surface area contributed by atoms with Crippen molar-refractivity contribution in [2.75, 3.05) is 31.6 Å². The Labute approximate surface area is 130 Å². The average Bonchev–Trinajstić information content (AvgIpc) is 3.00. The average molecular weight is 330 g/mol. The standard InChI is InChI=1S/C14H22N2O3S2/c1-3-16(12-6-8-21(18,19)11-12)14(17)10-15(2)9-13-5-4-7-20-13/h4-5,7,12H,3,6,8-11H2,1-2H3. The molecule has 0 aromatic carbocycles. The second-order valence-corrected chi connectivity index (χ2v) is 8.75. The Morgan fingerprint density at radius 3 is 2.76 bits per heavy atom. The minimum Gasteiger partial charge on any atom is -0.338 e. The van der Waals surface area contributed by atoms with E-state index >= 15 is 0 Å². The third kappa shape index (κ3) is 4.52. The molecule has 0 radical (unpaired) electrons. The Balaban J connectivity index is 1.91. The second-order valence-electron chi connectivity index (χ2n) is 5.49. The summed E-state index contributed by atoms with van der Waals surface area (Å²) in [5.74, 6) is 0.326. The first kappa shape index (κ1) is 16.5. The van der Waals surface area contributed by atoms with Crippen LogP contribution in [0.3, 0.4) is 0 Å². The van der Waals surface area contributed by atoms with E-state index in [0.29, 0.717) is 19.5 Å². The summed E-state index contributed by atoms with van der Waals surface area (Å²) in [5.41, 5.74) is 0. The number of amides is 1. The predicted molar refractivity (Wildman–Crippen MR) is 85.1 cm³/mol. The third-order valence-electron chi connectivity index (χ3n) is 3.72. The number of thiophene rings is 1. The molecule has 21 heavy (non-hydrogen) atoms. The Morgan fingerprint density at radius 1 is 1.48 bits per heavy atom. The fourth-order valence-electron chi connectivity index (χ4n) is 2.71. The van der Waals surface area contributed by atoms with Crippen molar-refractivity contribution in [3.8, 4) is 0 Å². The van der Waals surface area contributed by atoms with Gasteiger partial charge in [-0.25, -0.2) is 8.42 Å². The summed E-state index contributed by atoms with van der Waals surface area (Å²) in [6.45, 7) is 3.53. The number of sulfone groups is 1. The third-order valence-corrected chi connectivity index (χ3v) is 6.33. The molecule has 0 saturated carbocycles. The molecule has 1 aliphatic rings. The number of nitrogens with zero attached hydrogens (tertiary/aromatic N) is 2. The Bertz CT molecular complexity index is 569. The fraction of sp³-hybridized carbons (Fsp3) is 0.643. The van der Waals surface area contributed by atoms with Gasteiger partial charge in [0.15, 0.2) is 9.84 Å². The number of likely N-dealkylation sites (N-methyl/N-ethyl adjacent to an activating group) is 2. The molecule has 1 unspecified atom stereocenters. The first-order valence-corrected chi connectivity index (χ1v) is 9.82. The van der Waals surface area contributed by atoms with Gasteiger partial charge in [-0.15, -0.1) is 11.3 Å². The van der Waals surface area contributed by atoms with Crippen LogP contribution in [0.15, 0.2) is 17.5 Å². The van der Waals surface area contributed by atoms with E-state index in [-0.39, 0.29) is 23.5 Å². The van der Waals surface area contributed by atoms with Crippen LogP contribution in [0.5, 0.6) is 0 Å². The second kappa shape index (κ2) is 6.89. The van der Waals surface area contributed by atoms with Crippen LogP contribution in [0, 0.1) is 0 Å². The largest absolute Gasteiger partial charge is 0.338 e. The van der Waals surface area contributed by atoms with E-state index in [1.165, 1.54) is 4.88 Å². The molecule has 1 aromatic heterocycles. The lowest BCUT2D eigenvalue weighted by Crippen LogP contribution is -2.45. The molecule has 0 N–H and O–H groups in total. The van der Waals surface area contributed by atoms with Gasteiger partial charge in [0.05, 0.1) is 18.1 Å². The van der Waals surface area contributed by atoms with Gasteiger partial charge in [-0.1, -0.05) is 6.07 Å². The molecular weight excluding hydrogens is 308 g/mol. The predicted octanol–water partition coefficient (Wildman–Crippen LogP) is 1.22. The lowest BCUT2D eigenvalue weighted by atomic mass is 10.2. The lowest BCUT2D eigenvalue weighted by molar-refractivity contribution is -0.133. The zero-order valence-electron chi connectivity index (χ0n) is 12.5. The van der Waals surface area contributed by atoms with Gasteiger partial charge in [0, 0.05) is 24.0 Å². The van der Waals surface area contributed by atoms with Crippen molar-refractivity contribution in [2.24, 2.45) is 0 Å². The molecule has 0 aliphatic carbocycles. The van der Waals surface area contributed by atoms with E-state index in [4.69, 9.17) is 0 Å². The van der Waals surface area contributed by atoms with Crippen LogP contribution in [0.25, 0.3) is 0 Å². The highest BCUT2D eigenvalue weighted by molar-refractivity contribution is 7.91. The topological polar surface area (TPSA) is 57.7 Å². The first-order chi connectivity index (χ1) is 9.91. The van der Waals surface area contributed by atoms with Gasteiger partial charge >= 0.3 is 0 Å². The summed E-state index contributed by atoms with van der Waals surface area (Å²) in [6, 6.07) is 3.90. The van der Waals surface area contributed by atoms with Gasteiger partial charge in [-0.05, 0) is 31.8 Å². The van der Waals surface area contributed by atoms with Crippen molar-refractivity contribution in [2.45, 2.75) is 25.9 Å². The SMILES string of the molecule is CCN(C(=O)CN(C)Cc1cccs1)C1CCS(=O)(=O)C1. The summed E-state index contributed by atoms with van der Waals surface area (Å²) in [7, 11) is -1.05. The van der Waals surface area contributed by atoms with E-state index < -0.39 is 9.84 Å². The molecule has 2 rings (SSSR count). The zero-order valence-corrected chi connectivity index (χ0v) is 14.1. The van der Waals surface area contributed by atoms with Crippen LogP contribution in [-0.4, -0.2) is 61.8 Å². The molecule has 0 spiro atoms. The van der Waals surface area contributed by atoms with Gasteiger partial charge in [-0.2, -0.15) is 0 Å². The van der Waals surface area contributed by atoms with Crippen LogP contribution in [0.2, 0.25) is 0 Å². The molecule has 1 atom stereocenters. The molecule has 7 heteroatoms. The molecule has 1 aromatic rings. The first-order valence-electron chi connectivity index (χ1n) is 7.12. The van der Waals surface area contributed by atoms with Gasteiger partial charge in [-0.3, -0.25) is 9.69 Å². The molecule has 2 heterocycles. The van der Waals surface area contributed by atoms with Crippen LogP contribution in [0.1, 0.15) is 18.2 Å². The van der Waals surface area contributed by atoms with Gasteiger partial charge in [0.25, 0.3) is 0 Å². The summed E-state index contributed by atoms with van der Waals surface area (Å²) < 4.78 is 23.1. The van der Waals surface area contributed by atoms with Gasteiger partial charge in [0.1, 0.15) is 0 Å². The van der Waals surface area contributed by atoms with Crippen LogP contribution >= 0.6 is 11.3 Å². The van der Waals surface area contributed by atoms with E-state index in [1.807, 2.05) is 36.4 Å². The van der Waals surface area contributed by atoms with Gasteiger partial charge < -0.3 is 4.90 Å². The smallest absolute Gasteiger partial charge is 0.237 e. The van der Waals surface area contributed by atoms with E-state index in [9.17, 15) is 13.2 Å². The Morgan fingerprint density at radius 2 is 2.24 bits per heavy atom. The van der Waals surface area contributed by atoms with Gasteiger partial charge in [0.2, 0.25) is 5.91 Å². The van der Waals surface area contributed by atoms with Crippen molar-refractivity contribution < 1.29 is 13.2 Å². The fourth-order valence-corrected chi connectivity index (χ4v) is 5.22. The maximum absolute atomic E-state index is 12.4. The molecule has 0 bridgehead atoms. The maximum atomic E-state index is 12.4. The molecule has 1 fully saturated rings. The van der Waals surface area contributed by atoms with E-state index in [2.05, 4.69) is 0 Å². The quantitative estimate of drug-likeness (QED) is 0.787. The molecule has 1 amide bonds. The highest BCUT2D eigenvalue weighted by Gasteiger charge is 2.33. The summed E-state index contributed by atoms with van der Waals surface area (Å²) in [5, 5.41) is 2.02. The van der Waals surface area contributed by atoms with Crippen molar-refractivity contribution >= 4 is 27.1 Å². The molecule has 5 nitrogen and oxygen atoms in total. The summed E-state index contributed by atoms with van der Waals surface area (Å²) in [4.78, 5) is 17.3. The van der Waals surface area contributed by atoms with Crippen molar-refractivity contribution in [3.05, 3.63) is 22.4 Å². The summed E-state index contributed by atoms with van der Waals surface area (Å²) in [6.07, 6.45) is 0.566. The van der Waals surface area contributed by atoms with Crippen molar-refractivity contribution in [1.29, 1.82) is 0 Å². The lowest BCUT2D eigenvalue weighted by Gasteiger charge is -2.28. The van der Waals surface area contributed by atoms with Crippen LogP contribution in [-0.2, 0) is 21.2 Å². The highest BCUT2D eigenvalue weighted by atomic mass is 32.2. The number of rotatable bonds is 6. The van der Waals surface area contributed by atoms with Crippen LogP contribution < -0.4 is 0 Å². The molecular formula is C14H22N2O3S2. The van der Waals surface area contributed by atoms with Crippen molar-refractivity contribution in [3.63, 3.8) is 0 Å². The maximum Gasteiger partial charge on any atom is 0.237 e. The number of carbonyl (C=O) groups excluding carboxylic acids is 1. The monoisotopic (exact) mass is 330 g/mol. The summed E-state index contributed by atoms with van der Waals surface area (Å²) >= 11 is 1.67. The Kier molecular flexibility index (Phi) is 5.40. The zero-order chi connectivity index (χ0) is 15.5. The normalized spacial score (nSPS) is 20.8. The van der Waals surface area contributed by atoms with Crippen LogP contribution in [0.4, 0.5) is 0 Å². The molecule has 1 aliphatic heterocycles. The molecule has 118 valence electrons. The number of hydrogen-bond acceptors (Lipinski definition) is 5. The minimum absolute atomic E-state index is 0.0126. The minimum atomic E-state index is -2.96. The van der Waals surface area contributed by atoms with E-state index in [0.717, 1.165) is 6.54 Å². The highest BCUT2D eigenvalue weighted by Crippen LogP contribution is 2.18. The molecule has 1 saturated heterocycles. The number of carbonyl (C=O) groups is 1.